The van der Waals surface area contributed by atoms with Crippen molar-refractivity contribution in [2.45, 2.75) is 29.4 Å². The van der Waals surface area contributed by atoms with Crippen molar-refractivity contribution in [1.29, 1.82) is 0 Å². The van der Waals surface area contributed by atoms with Crippen LogP contribution in [0.3, 0.4) is 0 Å². The number of thioether (sulfide) groups is 1. The molecule has 1 aromatic carbocycles. The van der Waals surface area contributed by atoms with Crippen molar-refractivity contribution in [1.82, 2.24) is 5.32 Å². The van der Waals surface area contributed by atoms with Gasteiger partial charge in [0.2, 0.25) is 0 Å². The van der Waals surface area contributed by atoms with Gasteiger partial charge >= 0.3 is 0 Å². The Labute approximate surface area is 102 Å². The highest BCUT2D eigenvalue weighted by Gasteiger charge is 2.14. The Hall–Kier alpha value is -0.510. The van der Waals surface area contributed by atoms with Crippen molar-refractivity contribution in [3.63, 3.8) is 0 Å². The van der Waals surface area contributed by atoms with E-state index in [-0.39, 0.29) is 0 Å². The fraction of sp³-hybridized carbons (Fsp3) is 0.538. The van der Waals surface area contributed by atoms with E-state index in [1.165, 1.54) is 23.3 Å². The molecule has 16 heavy (non-hydrogen) atoms. The lowest BCUT2D eigenvalue weighted by molar-refractivity contribution is 0.522. The summed E-state index contributed by atoms with van der Waals surface area (Å²) in [6, 6.07) is 8.84. The third-order valence-electron chi connectivity index (χ3n) is 2.88. The van der Waals surface area contributed by atoms with E-state index in [4.69, 9.17) is 5.73 Å². The van der Waals surface area contributed by atoms with E-state index in [0.717, 1.165) is 31.3 Å². The maximum atomic E-state index is 5.53. The lowest BCUT2D eigenvalue weighted by Gasteiger charge is -2.20. The molecule has 0 saturated carbocycles. The molecule has 1 aliphatic rings. The van der Waals surface area contributed by atoms with Gasteiger partial charge in [0.05, 0.1) is 0 Å². The van der Waals surface area contributed by atoms with E-state index in [1.807, 2.05) is 11.8 Å². The highest BCUT2D eigenvalue weighted by molar-refractivity contribution is 8.00. The molecule has 2 N–H and O–H groups in total. The topological polar surface area (TPSA) is 40.1 Å². The van der Waals surface area contributed by atoms with Crippen LogP contribution in [0.25, 0.3) is 0 Å². The average Bonchev–Trinajstić information content (AvgIpc) is 2.33. The van der Waals surface area contributed by atoms with E-state index < -0.39 is 0 Å². The molecule has 1 heterocycles. The van der Waals surface area contributed by atoms with Crippen LogP contribution in [-0.4, -0.2) is 24.9 Å². The van der Waals surface area contributed by atoms with Gasteiger partial charge < -0.3 is 5.73 Å². The van der Waals surface area contributed by atoms with Crippen molar-refractivity contribution in [2.24, 2.45) is 5.73 Å². The molecular formula is C13H19N2S. The van der Waals surface area contributed by atoms with Crippen LogP contribution in [0.5, 0.6) is 0 Å². The third-order valence-corrected chi connectivity index (χ3v) is 4.23. The van der Waals surface area contributed by atoms with Crippen molar-refractivity contribution in [3.8, 4) is 0 Å². The summed E-state index contributed by atoms with van der Waals surface area (Å²) < 4.78 is 0. The van der Waals surface area contributed by atoms with Crippen LogP contribution in [0.4, 0.5) is 0 Å². The van der Waals surface area contributed by atoms with E-state index in [0.29, 0.717) is 0 Å². The predicted octanol–water partition coefficient (Wildman–Crippen LogP) is 2.05. The minimum Gasteiger partial charge on any atom is -0.330 e. The van der Waals surface area contributed by atoms with Gasteiger partial charge in [-0.15, -0.1) is 11.8 Å². The Kier molecular flexibility index (Phi) is 4.69. The normalized spacial score (nSPS) is 17.6. The van der Waals surface area contributed by atoms with Crippen LogP contribution >= 0.6 is 11.8 Å². The maximum Gasteiger partial charge on any atom is 0.0144 e. The first-order valence-electron chi connectivity index (χ1n) is 5.97. The molecule has 1 aromatic rings. The second-order valence-electron chi connectivity index (χ2n) is 4.17. The average molecular weight is 235 g/mol. The Morgan fingerprint density at radius 3 is 2.50 bits per heavy atom. The molecule has 87 valence electrons. The van der Waals surface area contributed by atoms with Crippen molar-refractivity contribution in [3.05, 3.63) is 29.8 Å². The lowest BCUT2D eigenvalue weighted by Crippen LogP contribution is -2.23. The first kappa shape index (κ1) is 12.0. The van der Waals surface area contributed by atoms with Crippen LogP contribution in [0.15, 0.2) is 29.2 Å². The summed E-state index contributed by atoms with van der Waals surface area (Å²) in [5.74, 6) is 0. The summed E-state index contributed by atoms with van der Waals surface area (Å²) in [4.78, 5) is 1.38. The Balaban J connectivity index is 1.88. The molecule has 1 aliphatic heterocycles. The summed E-state index contributed by atoms with van der Waals surface area (Å²) >= 11 is 2.00. The number of nitrogens with two attached hydrogens (primary N) is 1. The molecule has 0 aromatic heterocycles. The molecule has 0 aliphatic carbocycles. The Bertz CT molecular complexity index is 304. The summed E-state index contributed by atoms with van der Waals surface area (Å²) in [5, 5.41) is 5.14. The largest absolute Gasteiger partial charge is 0.330 e. The Morgan fingerprint density at radius 2 is 1.88 bits per heavy atom. The quantitative estimate of drug-likeness (QED) is 0.867. The molecule has 1 fully saturated rings. The van der Waals surface area contributed by atoms with Crippen molar-refractivity contribution < 1.29 is 0 Å². The maximum absolute atomic E-state index is 5.53. The van der Waals surface area contributed by atoms with E-state index in [2.05, 4.69) is 29.6 Å². The molecule has 2 rings (SSSR count). The SMILES string of the molecule is NCCc1ccc(SC2CC[N]CC2)cc1. The Morgan fingerprint density at radius 1 is 1.19 bits per heavy atom. The molecular weight excluding hydrogens is 216 g/mol. The van der Waals surface area contributed by atoms with Crippen LogP contribution in [0, 0.1) is 0 Å². The second kappa shape index (κ2) is 6.28. The van der Waals surface area contributed by atoms with E-state index >= 15 is 0 Å². The first-order chi connectivity index (χ1) is 7.88. The standard InChI is InChI=1S/C13H19N2S/c14-8-5-11-1-3-12(4-2-11)16-13-6-9-15-10-7-13/h1-4,13H,5-10,14H2. The third kappa shape index (κ3) is 3.51. The summed E-state index contributed by atoms with van der Waals surface area (Å²) in [6.07, 6.45) is 3.44. The first-order valence-corrected chi connectivity index (χ1v) is 6.85. The van der Waals surface area contributed by atoms with Gasteiger partial charge in [-0.2, -0.15) is 0 Å². The summed E-state index contributed by atoms with van der Waals surface area (Å²) in [5.41, 5.74) is 6.87. The zero-order valence-electron chi connectivity index (χ0n) is 9.56. The fourth-order valence-electron chi connectivity index (χ4n) is 1.94. The minimum atomic E-state index is 0.733. The van der Waals surface area contributed by atoms with Crippen LogP contribution in [0.1, 0.15) is 18.4 Å². The molecule has 2 nitrogen and oxygen atoms in total. The summed E-state index contributed by atoms with van der Waals surface area (Å²) in [7, 11) is 0. The fourth-order valence-corrected chi connectivity index (χ4v) is 3.06. The van der Waals surface area contributed by atoms with Gasteiger partial charge in [0, 0.05) is 23.2 Å². The van der Waals surface area contributed by atoms with Crippen LogP contribution < -0.4 is 11.1 Å². The minimum absolute atomic E-state index is 0.733. The highest BCUT2D eigenvalue weighted by Crippen LogP contribution is 2.28. The zero-order valence-corrected chi connectivity index (χ0v) is 10.4. The number of rotatable bonds is 4. The smallest absolute Gasteiger partial charge is 0.0144 e. The number of hydrogen-bond donors (Lipinski definition) is 1. The highest BCUT2D eigenvalue weighted by atomic mass is 32.2. The molecule has 3 heteroatoms. The monoisotopic (exact) mass is 235 g/mol. The van der Waals surface area contributed by atoms with Gasteiger partial charge in [0.25, 0.3) is 0 Å². The van der Waals surface area contributed by atoms with Gasteiger partial charge in [0.1, 0.15) is 0 Å². The van der Waals surface area contributed by atoms with Crippen LogP contribution in [-0.2, 0) is 6.42 Å². The number of benzene rings is 1. The predicted molar refractivity (Wildman–Crippen MR) is 69.9 cm³/mol. The van der Waals surface area contributed by atoms with E-state index in [1.54, 1.807) is 0 Å². The number of hydrogen-bond acceptors (Lipinski definition) is 2. The molecule has 1 radical (unpaired) electrons. The molecule has 1 saturated heterocycles. The van der Waals surface area contributed by atoms with Crippen LogP contribution in [0.2, 0.25) is 0 Å². The van der Waals surface area contributed by atoms with Gasteiger partial charge in [-0.1, -0.05) is 12.1 Å². The van der Waals surface area contributed by atoms with Gasteiger partial charge in [0.15, 0.2) is 0 Å². The van der Waals surface area contributed by atoms with Crippen molar-refractivity contribution >= 4 is 11.8 Å². The van der Waals surface area contributed by atoms with Gasteiger partial charge in [-0.25, -0.2) is 5.32 Å². The zero-order chi connectivity index (χ0) is 11.2. The van der Waals surface area contributed by atoms with Gasteiger partial charge in [-0.05, 0) is 43.5 Å². The summed E-state index contributed by atoms with van der Waals surface area (Å²) in [6.45, 7) is 2.82. The number of nitrogens with zero attached hydrogens (tertiary/aromatic N) is 1. The van der Waals surface area contributed by atoms with Crippen molar-refractivity contribution in [2.75, 3.05) is 19.6 Å². The molecule has 0 amide bonds. The molecule has 0 spiro atoms. The number of piperidine rings is 1. The molecule has 0 unspecified atom stereocenters. The molecule has 0 atom stereocenters. The van der Waals surface area contributed by atoms with Gasteiger partial charge in [-0.3, -0.25) is 0 Å². The van der Waals surface area contributed by atoms with E-state index in [9.17, 15) is 0 Å². The molecule has 0 bridgehead atoms. The second-order valence-corrected chi connectivity index (χ2v) is 5.54. The lowest BCUT2D eigenvalue weighted by atomic mass is 10.1.